The van der Waals surface area contributed by atoms with Crippen molar-refractivity contribution in [3.63, 3.8) is 0 Å². The number of fused-ring (bicyclic) bond motifs is 2. The maximum Gasteiger partial charge on any atom is 0.323 e. The van der Waals surface area contributed by atoms with Crippen LogP contribution in [0.1, 0.15) is 0 Å². The maximum atomic E-state index is 12.2. The van der Waals surface area contributed by atoms with Crippen molar-refractivity contribution in [2.45, 2.75) is 0 Å². The molecule has 0 unspecified atom stereocenters. The Labute approximate surface area is 131 Å². The van der Waals surface area contributed by atoms with Crippen molar-refractivity contribution < 1.29 is 9.21 Å². The van der Waals surface area contributed by atoms with Crippen molar-refractivity contribution in [3.05, 3.63) is 61.1 Å². The molecule has 6 nitrogen and oxygen atoms in total. The van der Waals surface area contributed by atoms with Gasteiger partial charge < -0.3 is 15.1 Å². The molecule has 0 fully saturated rings. The van der Waals surface area contributed by atoms with Gasteiger partial charge >= 0.3 is 6.03 Å². The zero-order chi connectivity index (χ0) is 15.6. The summed E-state index contributed by atoms with van der Waals surface area (Å²) < 4.78 is 5.22. The zero-order valence-corrected chi connectivity index (χ0v) is 12.0. The molecular formula is C17H12N4O2. The predicted octanol–water partition coefficient (Wildman–Crippen LogP) is 4.02. The third-order valence-corrected chi connectivity index (χ3v) is 3.49. The fourth-order valence-electron chi connectivity index (χ4n) is 2.42. The van der Waals surface area contributed by atoms with Crippen LogP contribution in [0.15, 0.2) is 65.5 Å². The standard InChI is InChI=1S/C17H12N4O2/c22-17(20-11-5-6-15-16(9-11)23-10-19-15)21-14-7-8-18-13-4-2-1-3-12(13)14/h1-10H,(H2,18,20,21,22). The van der Waals surface area contributed by atoms with E-state index in [1.54, 1.807) is 30.5 Å². The van der Waals surface area contributed by atoms with E-state index in [0.717, 1.165) is 16.4 Å². The Morgan fingerprint density at radius 3 is 2.83 bits per heavy atom. The minimum atomic E-state index is -0.333. The molecule has 6 heteroatoms. The molecular weight excluding hydrogens is 292 g/mol. The van der Waals surface area contributed by atoms with E-state index in [0.29, 0.717) is 17.0 Å². The van der Waals surface area contributed by atoms with Gasteiger partial charge in [0, 0.05) is 23.3 Å². The first-order valence-corrected chi connectivity index (χ1v) is 7.04. The number of nitrogens with one attached hydrogen (secondary N) is 2. The summed E-state index contributed by atoms with van der Waals surface area (Å²) in [5.74, 6) is 0. The molecule has 0 saturated heterocycles. The number of para-hydroxylation sites is 1. The summed E-state index contributed by atoms with van der Waals surface area (Å²) in [4.78, 5) is 20.5. The highest BCUT2D eigenvalue weighted by Crippen LogP contribution is 2.22. The van der Waals surface area contributed by atoms with Crippen LogP contribution in [0.5, 0.6) is 0 Å². The quantitative estimate of drug-likeness (QED) is 0.586. The van der Waals surface area contributed by atoms with Gasteiger partial charge in [-0.2, -0.15) is 0 Å². The van der Waals surface area contributed by atoms with Crippen LogP contribution < -0.4 is 10.6 Å². The number of oxazole rings is 1. The van der Waals surface area contributed by atoms with Crippen LogP contribution in [0.25, 0.3) is 22.0 Å². The molecule has 4 aromatic rings. The average Bonchev–Trinajstić information content (AvgIpc) is 3.03. The lowest BCUT2D eigenvalue weighted by Gasteiger charge is -2.09. The second-order valence-corrected chi connectivity index (χ2v) is 4.99. The van der Waals surface area contributed by atoms with Gasteiger partial charge in [-0.25, -0.2) is 9.78 Å². The van der Waals surface area contributed by atoms with Gasteiger partial charge in [-0.15, -0.1) is 0 Å². The van der Waals surface area contributed by atoms with Gasteiger partial charge in [0.15, 0.2) is 12.0 Å². The van der Waals surface area contributed by atoms with Gasteiger partial charge in [-0.05, 0) is 24.3 Å². The summed E-state index contributed by atoms with van der Waals surface area (Å²) in [5.41, 5.74) is 3.53. The average molecular weight is 304 g/mol. The van der Waals surface area contributed by atoms with Crippen molar-refractivity contribution >= 4 is 39.4 Å². The fraction of sp³-hybridized carbons (Fsp3) is 0. The smallest absolute Gasteiger partial charge is 0.323 e. The van der Waals surface area contributed by atoms with Crippen LogP contribution in [0, 0.1) is 0 Å². The van der Waals surface area contributed by atoms with Crippen molar-refractivity contribution in [1.29, 1.82) is 0 Å². The predicted molar refractivity (Wildman–Crippen MR) is 88.4 cm³/mol. The van der Waals surface area contributed by atoms with Crippen molar-refractivity contribution in [3.8, 4) is 0 Å². The van der Waals surface area contributed by atoms with Crippen LogP contribution >= 0.6 is 0 Å². The summed E-state index contributed by atoms with van der Waals surface area (Å²) in [5, 5.41) is 6.50. The summed E-state index contributed by atoms with van der Waals surface area (Å²) in [6.45, 7) is 0. The largest absolute Gasteiger partial charge is 0.443 e. The molecule has 2 amide bonds. The zero-order valence-electron chi connectivity index (χ0n) is 12.0. The van der Waals surface area contributed by atoms with Gasteiger partial charge in [0.05, 0.1) is 11.2 Å². The van der Waals surface area contributed by atoms with E-state index in [1.807, 2.05) is 24.3 Å². The van der Waals surface area contributed by atoms with Gasteiger partial charge in [-0.3, -0.25) is 4.98 Å². The Morgan fingerprint density at radius 2 is 1.87 bits per heavy atom. The van der Waals surface area contributed by atoms with Gasteiger partial charge in [0.1, 0.15) is 5.52 Å². The number of aromatic nitrogens is 2. The molecule has 4 rings (SSSR count). The molecule has 112 valence electrons. The lowest BCUT2D eigenvalue weighted by atomic mass is 10.2. The number of hydrogen-bond acceptors (Lipinski definition) is 4. The molecule has 0 spiro atoms. The molecule has 0 atom stereocenters. The number of amides is 2. The highest BCUT2D eigenvalue weighted by Gasteiger charge is 2.07. The topological polar surface area (TPSA) is 80.0 Å². The minimum Gasteiger partial charge on any atom is -0.443 e. The van der Waals surface area contributed by atoms with E-state index in [4.69, 9.17) is 4.42 Å². The van der Waals surface area contributed by atoms with E-state index >= 15 is 0 Å². The fourth-order valence-corrected chi connectivity index (χ4v) is 2.42. The highest BCUT2D eigenvalue weighted by molar-refractivity contribution is 6.05. The number of pyridine rings is 1. The van der Waals surface area contributed by atoms with Gasteiger partial charge in [0.2, 0.25) is 0 Å². The van der Waals surface area contributed by atoms with Crippen LogP contribution in [-0.4, -0.2) is 16.0 Å². The SMILES string of the molecule is O=C(Nc1ccc2ncoc2c1)Nc1ccnc2ccccc12. The molecule has 23 heavy (non-hydrogen) atoms. The van der Waals surface area contributed by atoms with E-state index in [9.17, 15) is 4.79 Å². The molecule has 2 N–H and O–H groups in total. The lowest BCUT2D eigenvalue weighted by Crippen LogP contribution is -2.19. The summed E-state index contributed by atoms with van der Waals surface area (Å²) in [6.07, 6.45) is 3.04. The number of carbonyl (C=O) groups excluding carboxylic acids is 1. The van der Waals surface area contributed by atoms with E-state index < -0.39 is 0 Å². The van der Waals surface area contributed by atoms with E-state index in [2.05, 4.69) is 20.6 Å². The first-order chi connectivity index (χ1) is 11.3. The molecule has 0 aliphatic carbocycles. The van der Waals surface area contributed by atoms with Crippen molar-refractivity contribution in [2.75, 3.05) is 10.6 Å². The Hall–Kier alpha value is -3.41. The minimum absolute atomic E-state index is 0.333. The van der Waals surface area contributed by atoms with Crippen LogP contribution in [0.2, 0.25) is 0 Å². The Kier molecular flexibility index (Phi) is 3.12. The first kappa shape index (κ1) is 13.3. The van der Waals surface area contributed by atoms with E-state index in [-0.39, 0.29) is 6.03 Å². The summed E-state index contributed by atoms with van der Waals surface area (Å²) in [6, 6.07) is 14.4. The molecule has 0 aliphatic rings. The van der Waals surface area contributed by atoms with E-state index in [1.165, 1.54) is 6.39 Å². The van der Waals surface area contributed by atoms with Crippen molar-refractivity contribution in [1.82, 2.24) is 9.97 Å². The number of urea groups is 1. The molecule has 2 aromatic heterocycles. The molecule has 2 aromatic carbocycles. The Bertz CT molecular complexity index is 1000. The molecule has 0 bridgehead atoms. The van der Waals surface area contributed by atoms with Crippen LogP contribution in [0.4, 0.5) is 16.2 Å². The van der Waals surface area contributed by atoms with Gasteiger partial charge in [0.25, 0.3) is 0 Å². The number of rotatable bonds is 2. The number of anilines is 2. The van der Waals surface area contributed by atoms with Crippen LogP contribution in [-0.2, 0) is 0 Å². The summed E-state index contributed by atoms with van der Waals surface area (Å²) in [7, 11) is 0. The second-order valence-electron chi connectivity index (χ2n) is 4.99. The molecule has 0 aliphatic heterocycles. The van der Waals surface area contributed by atoms with Gasteiger partial charge in [-0.1, -0.05) is 18.2 Å². The highest BCUT2D eigenvalue weighted by atomic mass is 16.3. The number of carbonyl (C=O) groups is 1. The monoisotopic (exact) mass is 304 g/mol. The lowest BCUT2D eigenvalue weighted by molar-refractivity contribution is 0.262. The number of hydrogen-bond donors (Lipinski definition) is 2. The maximum absolute atomic E-state index is 12.2. The van der Waals surface area contributed by atoms with Crippen molar-refractivity contribution in [2.24, 2.45) is 0 Å². The molecule has 0 radical (unpaired) electrons. The third-order valence-electron chi connectivity index (χ3n) is 3.49. The Morgan fingerprint density at radius 1 is 0.957 bits per heavy atom. The number of nitrogens with zero attached hydrogens (tertiary/aromatic N) is 2. The Balaban J connectivity index is 1.57. The first-order valence-electron chi connectivity index (χ1n) is 7.04. The molecule has 2 heterocycles. The second kappa shape index (κ2) is 5.42. The molecule has 0 saturated carbocycles. The summed E-state index contributed by atoms with van der Waals surface area (Å²) >= 11 is 0. The number of benzene rings is 2. The van der Waals surface area contributed by atoms with Crippen LogP contribution in [0.3, 0.4) is 0 Å². The normalized spacial score (nSPS) is 10.8. The third kappa shape index (κ3) is 2.57.